The summed E-state index contributed by atoms with van der Waals surface area (Å²) < 4.78 is 0. The summed E-state index contributed by atoms with van der Waals surface area (Å²) in [6.07, 6.45) is 0. The lowest BCUT2D eigenvalue weighted by molar-refractivity contribution is -0.384. The molecule has 7 nitrogen and oxygen atoms in total. The van der Waals surface area contributed by atoms with Gasteiger partial charge in [0.1, 0.15) is 5.75 Å². The number of non-ortho nitro benzene ring substituents is 1. The van der Waals surface area contributed by atoms with Crippen molar-refractivity contribution >= 4 is 17.3 Å². The maximum Gasteiger partial charge on any atom is 0.271 e. The third kappa shape index (κ3) is 3.65. The molecule has 1 aromatic rings. The second kappa shape index (κ2) is 5.23. The SMILES string of the molecule is CC(C)(C)C(N)C(=O)Nc1cc([N+](=O)[O-])ccc1O. The summed E-state index contributed by atoms with van der Waals surface area (Å²) in [6.45, 7) is 5.39. The molecule has 0 spiro atoms. The minimum Gasteiger partial charge on any atom is -0.506 e. The predicted octanol–water partition coefficient (Wildman–Crippen LogP) is 1.61. The van der Waals surface area contributed by atoms with E-state index in [4.69, 9.17) is 5.73 Å². The maximum atomic E-state index is 11.9. The fourth-order valence-electron chi connectivity index (χ4n) is 1.34. The van der Waals surface area contributed by atoms with Crippen molar-refractivity contribution in [1.29, 1.82) is 0 Å². The molecule has 1 unspecified atom stereocenters. The summed E-state index contributed by atoms with van der Waals surface area (Å²) in [5.74, 6) is -0.761. The zero-order valence-electron chi connectivity index (χ0n) is 11.0. The number of phenolic OH excluding ortho intramolecular Hbond substituents is 1. The van der Waals surface area contributed by atoms with Gasteiger partial charge in [-0.15, -0.1) is 0 Å². The summed E-state index contributed by atoms with van der Waals surface area (Å²) in [5, 5.41) is 22.6. The highest BCUT2D eigenvalue weighted by Gasteiger charge is 2.28. The van der Waals surface area contributed by atoms with Crippen LogP contribution >= 0.6 is 0 Å². The molecule has 0 bridgehead atoms. The van der Waals surface area contributed by atoms with Crippen molar-refractivity contribution in [3.8, 4) is 5.75 Å². The number of hydrogen-bond acceptors (Lipinski definition) is 5. The highest BCUT2D eigenvalue weighted by atomic mass is 16.6. The van der Waals surface area contributed by atoms with Gasteiger partial charge in [-0.2, -0.15) is 0 Å². The Hall–Kier alpha value is -2.15. The molecule has 0 aliphatic rings. The molecule has 0 saturated carbocycles. The van der Waals surface area contributed by atoms with Crippen LogP contribution in [0.25, 0.3) is 0 Å². The van der Waals surface area contributed by atoms with Crippen molar-refractivity contribution in [2.24, 2.45) is 11.1 Å². The number of nitrogens with two attached hydrogens (primary N) is 1. The van der Waals surface area contributed by atoms with Gasteiger partial charge in [0.05, 0.1) is 16.7 Å². The zero-order chi connectivity index (χ0) is 14.8. The fourth-order valence-corrected chi connectivity index (χ4v) is 1.34. The van der Waals surface area contributed by atoms with Gasteiger partial charge in [0.25, 0.3) is 5.69 Å². The highest BCUT2D eigenvalue weighted by Crippen LogP contribution is 2.28. The number of carbonyl (C=O) groups excluding carboxylic acids is 1. The molecular weight excluding hydrogens is 250 g/mol. The smallest absolute Gasteiger partial charge is 0.271 e. The Morgan fingerprint density at radius 3 is 2.53 bits per heavy atom. The summed E-state index contributed by atoms with van der Waals surface area (Å²) in [5.41, 5.74) is 5.05. The largest absolute Gasteiger partial charge is 0.506 e. The van der Waals surface area contributed by atoms with E-state index in [1.54, 1.807) is 20.8 Å². The van der Waals surface area contributed by atoms with Crippen LogP contribution in [-0.2, 0) is 4.79 Å². The van der Waals surface area contributed by atoms with E-state index in [0.717, 1.165) is 18.2 Å². The third-order valence-electron chi connectivity index (χ3n) is 2.66. The highest BCUT2D eigenvalue weighted by molar-refractivity contribution is 5.96. The molecule has 0 heterocycles. The van der Waals surface area contributed by atoms with Crippen LogP contribution in [0.4, 0.5) is 11.4 Å². The number of benzene rings is 1. The third-order valence-corrected chi connectivity index (χ3v) is 2.66. The molecule has 4 N–H and O–H groups in total. The molecule has 7 heteroatoms. The first-order valence-corrected chi connectivity index (χ1v) is 5.67. The van der Waals surface area contributed by atoms with Crippen LogP contribution in [0.5, 0.6) is 5.75 Å². The average Bonchev–Trinajstić information content (AvgIpc) is 2.29. The summed E-state index contributed by atoms with van der Waals surface area (Å²) >= 11 is 0. The van der Waals surface area contributed by atoms with Gasteiger partial charge in [-0.3, -0.25) is 14.9 Å². The van der Waals surface area contributed by atoms with Gasteiger partial charge in [0.2, 0.25) is 5.91 Å². The first-order valence-electron chi connectivity index (χ1n) is 5.67. The minimum atomic E-state index is -0.800. The number of aromatic hydroxyl groups is 1. The van der Waals surface area contributed by atoms with Crippen LogP contribution in [0.2, 0.25) is 0 Å². The van der Waals surface area contributed by atoms with Crippen LogP contribution in [0.15, 0.2) is 18.2 Å². The number of nitro benzene ring substituents is 1. The number of anilines is 1. The minimum absolute atomic E-state index is 0.0288. The normalized spacial score (nSPS) is 12.8. The number of nitrogens with zero attached hydrogens (tertiary/aromatic N) is 1. The second-order valence-electron chi connectivity index (χ2n) is 5.29. The van der Waals surface area contributed by atoms with Crippen LogP contribution in [-0.4, -0.2) is 22.0 Å². The van der Waals surface area contributed by atoms with E-state index in [0.29, 0.717) is 0 Å². The Balaban J connectivity index is 2.96. The monoisotopic (exact) mass is 267 g/mol. The number of carbonyl (C=O) groups is 1. The molecule has 1 atom stereocenters. The van der Waals surface area contributed by atoms with E-state index in [2.05, 4.69) is 5.32 Å². The molecule has 104 valence electrons. The molecular formula is C12H17N3O4. The van der Waals surface area contributed by atoms with Gasteiger partial charge in [-0.05, 0) is 11.5 Å². The number of phenols is 1. The van der Waals surface area contributed by atoms with E-state index >= 15 is 0 Å². The molecule has 0 saturated heterocycles. The summed E-state index contributed by atoms with van der Waals surface area (Å²) in [6, 6.07) is 2.58. The number of rotatable bonds is 3. The molecule has 0 aliphatic carbocycles. The molecule has 0 aromatic heterocycles. The Morgan fingerprint density at radius 2 is 2.05 bits per heavy atom. The topological polar surface area (TPSA) is 118 Å². The fraction of sp³-hybridized carbons (Fsp3) is 0.417. The maximum absolute atomic E-state index is 11.9. The molecule has 0 radical (unpaired) electrons. The van der Waals surface area contributed by atoms with Gasteiger partial charge < -0.3 is 16.2 Å². The molecule has 1 rings (SSSR count). The first-order chi connectivity index (χ1) is 8.62. The summed E-state index contributed by atoms with van der Waals surface area (Å²) in [7, 11) is 0. The number of amides is 1. The number of hydrogen-bond donors (Lipinski definition) is 3. The lowest BCUT2D eigenvalue weighted by Crippen LogP contribution is -2.45. The first kappa shape index (κ1) is 14.9. The molecule has 0 fully saturated rings. The zero-order valence-corrected chi connectivity index (χ0v) is 11.0. The van der Waals surface area contributed by atoms with Crippen molar-refractivity contribution in [1.82, 2.24) is 0 Å². The Bertz CT molecular complexity index is 508. The van der Waals surface area contributed by atoms with Crippen LogP contribution in [0.1, 0.15) is 20.8 Å². The molecule has 1 aromatic carbocycles. The molecule has 19 heavy (non-hydrogen) atoms. The van der Waals surface area contributed by atoms with E-state index in [9.17, 15) is 20.0 Å². The Labute approximate surface area is 110 Å². The van der Waals surface area contributed by atoms with Crippen molar-refractivity contribution < 1.29 is 14.8 Å². The van der Waals surface area contributed by atoms with Crippen molar-refractivity contribution in [2.45, 2.75) is 26.8 Å². The van der Waals surface area contributed by atoms with E-state index in [1.165, 1.54) is 0 Å². The Morgan fingerprint density at radius 1 is 1.47 bits per heavy atom. The van der Waals surface area contributed by atoms with Gasteiger partial charge >= 0.3 is 0 Å². The average molecular weight is 267 g/mol. The van der Waals surface area contributed by atoms with Crippen LogP contribution in [0, 0.1) is 15.5 Å². The lowest BCUT2D eigenvalue weighted by Gasteiger charge is -2.25. The van der Waals surface area contributed by atoms with E-state index < -0.39 is 22.3 Å². The van der Waals surface area contributed by atoms with Crippen molar-refractivity contribution in [3.05, 3.63) is 28.3 Å². The number of nitrogens with one attached hydrogen (secondary N) is 1. The van der Waals surface area contributed by atoms with E-state index in [1.807, 2.05) is 0 Å². The quantitative estimate of drug-likeness (QED) is 0.436. The second-order valence-corrected chi connectivity index (χ2v) is 5.29. The van der Waals surface area contributed by atoms with Crippen molar-refractivity contribution in [2.75, 3.05) is 5.32 Å². The van der Waals surface area contributed by atoms with E-state index in [-0.39, 0.29) is 17.1 Å². The van der Waals surface area contributed by atoms with Crippen molar-refractivity contribution in [3.63, 3.8) is 0 Å². The van der Waals surface area contributed by atoms with Gasteiger partial charge in [0.15, 0.2) is 0 Å². The Kier molecular flexibility index (Phi) is 4.10. The van der Waals surface area contributed by atoms with Gasteiger partial charge in [-0.1, -0.05) is 20.8 Å². The van der Waals surface area contributed by atoms with Gasteiger partial charge in [-0.25, -0.2) is 0 Å². The predicted molar refractivity (Wildman–Crippen MR) is 70.8 cm³/mol. The van der Waals surface area contributed by atoms with Crippen LogP contribution < -0.4 is 11.1 Å². The lowest BCUT2D eigenvalue weighted by atomic mass is 9.87. The molecule has 0 aliphatic heterocycles. The van der Waals surface area contributed by atoms with Gasteiger partial charge in [0, 0.05) is 12.1 Å². The standard InChI is InChI=1S/C12H17N3O4/c1-12(2,3)10(13)11(17)14-8-6-7(15(18)19)4-5-9(8)16/h4-6,10,16H,13H2,1-3H3,(H,14,17). The molecule has 1 amide bonds. The summed E-state index contributed by atoms with van der Waals surface area (Å²) in [4.78, 5) is 21.9. The van der Waals surface area contributed by atoms with Crippen LogP contribution in [0.3, 0.4) is 0 Å². The number of nitro groups is 1.